The van der Waals surface area contributed by atoms with Crippen LogP contribution >= 0.6 is 11.8 Å². The van der Waals surface area contributed by atoms with Gasteiger partial charge in [0.2, 0.25) is 0 Å². The number of thioether (sulfide) groups is 1. The van der Waals surface area contributed by atoms with Gasteiger partial charge >= 0.3 is 0 Å². The van der Waals surface area contributed by atoms with Crippen LogP contribution in [0.2, 0.25) is 0 Å². The van der Waals surface area contributed by atoms with E-state index in [9.17, 15) is 4.79 Å². The molecule has 3 rings (SSSR count). The van der Waals surface area contributed by atoms with Crippen molar-refractivity contribution < 1.29 is 9.53 Å². The molecule has 1 aromatic carbocycles. The zero-order valence-electron chi connectivity index (χ0n) is 14.5. The van der Waals surface area contributed by atoms with Crippen LogP contribution in [0, 0.1) is 5.92 Å². The first kappa shape index (κ1) is 17.6. The Morgan fingerprint density at radius 3 is 2.83 bits per heavy atom. The molecule has 2 fully saturated rings. The fraction of sp³-hybridized carbons (Fsp3) is 0.632. The van der Waals surface area contributed by atoms with Crippen LogP contribution in [0.5, 0.6) is 0 Å². The van der Waals surface area contributed by atoms with Crippen molar-refractivity contribution >= 4 is 23.4 Å². The lowest BCUT2D eigenvalue weighted by molar-refractivity contribution is 0.0629. The van der Waals surface area contributed by atoms with Gasteiger partial charge in [-0.15, -0.1) is 0 Å². The van der Waals surface area contributed by atoms with Gasteiger partial charge in [-0.05, 0) is 50.3 Å². The van der Waals surface area contributed by atoms with E-state index in [1.54, 1.807) is 0 Å². The van der Waals surface area contributed by atoms with Crippen LogP contribution in [-0.2, 0) is 4.74 Å². The Morgan fingerprint density at radius 2 is 2.08 bits per heavy atom. The number of amides is 1. The van der Waals surface area contributed by atoms with Crippen LogP contribution in [0.1, 0.15) is 36.5 Å². The fourth-order valence-electron chi connectivity index (χ4n) is 3.52. The second kappa shape index (κ2) is 8.77. The first-order valence-corrected chi connectivity index (χ1v) is 10.2. The number of ether oxygens (including phenoxy) is 1. The molecule has 2 saturated heterocycles. The summed E-state index contributed by atoms with van der Waals surface area (Å²) in [5.74, 6) is 3.01. The van der Waals surface area contributed by atoms with Crippen LogP contribution in [0.15, 0.2) is 24.3 Å². The topological polar surface area (TPSA) is 41.6 Å². The third-order valence-corrected chi connectivity index (χ3v) is 5.79. The van der Waals surface area contributed by atoms with Crippen molar-refractivity contribution in [1.82, 2.24) is 4.90 Å². The van der Waals surface area contributed by atoms with Gasteiger partial charge in [0, 0.05) is 55.1 Å². The van der Waals surface area contributed by atoms with E-state index in [0.29, 0.717) is 6.04 Å². The molecular formula is C19H28N2O2S. The van der Waals surface area contributed by atoms with Crippen molar-refractivity contribution in [2.45, 2.75) is 32.2 Å². The Kier molecular flexibility index (Phi) is 6.44. The van der Waals surface area contributed by atoms with Gasteiger partial charge in [0.1, 0.15) is 0 Å². The van der Waals surface area contributed by atoms with E-state index in [2.05, 4.69) is 18.3 Å². The lowest BCUT2D eigenvalue weighted by atomic mass is 9.93. The smallest absolute Gasteiger partial charge is 0.253 e. The zero-order chi connectivity index (χ0) is 16.8. The van der Waals surface area contributed by atoms with Crippen molar-refractivity contribution in [3.63, 3.8) is 0 Å². The molecule has 1 amide bonds. The summed E-state index contributed by atoms with van der Waals surface area (Å²) in [4.78, 5) is 14.6. The van der Waals surface area contributed by atoms with E-state index in [1.165, 1.54) is 0 Å². The normalized spacial score (nSPS) is 20.6. The van der Waals surface area contributed by atoms with Gasteiger partial charge in [0.25, 0.3) is 5.91 Å². The molecule has 1 N–H and O–H groups in total. The summed E-state index contributed by atoms with van der Waals surface area (Å²) in [5, 5.41) is 3.57. The molecule has 0 saturated carbocycles. The van der Waals surface area contributed by atoms with Crippen LogP contribution < -0.4 is 5.32 Å². The molecule has 5 heteroatoms. The lowest BCUT2D eigenvalue weighted by Gasteiger charge is -2.27. The highest BCUT2D eigenvalue weighted by molar-refractivity contribution is 7.99. The summed E-state index contributed by atoms with van der Waals surface area (Å²) in [6.07, 6.45) is 3.49. The number of hydrogen-bond donors (Lipinski definition) is 1. The van der Waals surface area contributed by atoms with Gasteiger partial charge in [0.15, 0.2) is 0 Å². The molecule has 0 aliphatic carbocycles. The SMILES string of the molecule is C[C@H](CC1CCOCC1)Nc1cccc(C(=O)N2CCSCC2)c1. The van der Waals surface area contributed by atoms with Crippen LogP contribution in [0.3, 0.4) is 0 Å². The number of nitrogens with one attached hydrogen (secondary N) is 1. The summed E-state index contributed by atoms with van der Waals surface area (Å²) in [5.41, 5.74) is 1.84. The highest BCUT2D eigenvalue weighted by Gasteiger charge is 2.19. The third kappa shape index (κ3) is 4.90. The van der Waals surface area contributed by atoms with Crippen LogP contribution in [0.25, 0.3) is 0 Å². The summed E-state index contributed by atoms with van der Waals surface area (Å²) < 4.78 is 5.44. The van der Waals surface area contributed by atoms with E-state index in [-0.39, 0.29) is 5.91 Å². The largest absolute Gasteiger partial charge is 0.383 e. The Labute approximate surface area is 149 Å². The number of carbonyl (C=O) groups is 1. The molecule has 4 nitrogen and oxygen atoms in total. The van der Waals surface area contributed by atoms with Gasteiger partial charge in [-0.2, -0.15) is 11.8 Å². The first-order chi connectivity index (χ1) is 11.7. The standard InChI is InChI=1S/C19H28N2O2S/c1-15(13-16-5-9-23-10-6-16)20-18-4-2-3-17(14-18)19(22)21-7-11-24-12-8-21/h2-4,14-16,20H,5-13H2,1H3/t15-/m1/s1. The fourth-order valence-corrected chi connectivity index (χ4v) is 4.42. The highest BCUT2D eigenvalue weighted by atomic mass is 32.2. The molecule has 1 aromatic rings. The second-order valence-corrected chi connectivity index (χ2v) is 8.05. The van der Waals surface area contributed by atoms with E-state index < -0.39 is 0 Å². The maximum Gasteiger partial charge on any atom is 0.253 e. The first-order valence-electron chi connectivity index (χ1n) is 9.04. The Bertz CT molecular complexity index is 540. The highest BCUT2D eigenvalue weighted by Crippen LogP contribution is 2.22. The van der Waals surface area contributed by atoms with E-state index in [0.717, 1.165) is 74.2 Å². The van der Waals surface area contributed by atoms with E-state index in [4.69, 9.17) is 4.74 Å². The van der Waals surface area contributed by atoms with Crippen molar-refractivity contribution in [3.05, 3.63) is 29.8 Å². The molecule has 0 unspecified atom stereocenters. The van der Waals surface area contributed by atoms with Crippen LogP contribution in [-0.4, -0.2) is 54.7 Å². The lowest BCUT2D eigenvalue weighted by Crippen LogP contribution is -2.37. The predicted molar refractivity (Wildman–Crippen MR) is 101 cm³/mol. The molecule has 2 aliphatic heterocycles. The van der Waals surface area contributed by atoms with Crippen molar-refractivity contribution in [3.8, 4) is 0 Å². The number of nitrogens with zero attached hydrogens (tertiary/aromatic N) is 1. The third-order valence-electron chi connectivity index (χ3n) is 4.85. The quantitative estimate of drug-likeness (QED) is 0.884. The molecule has 24 heavy (non-hydrogen) atoms. The molecule has 1 atom stereocenters. The number of benzene rings is 1. The van der Waals surface area contributed by atoms with Crippen molar-refractivity contribution in [2.75, 3.05) is 43.1 Å². The molecule has 0 aromatic heterocycles. The van der Waals surface area contributed by atoms with E-state index in [1.807, 2.05) is 34.9 Å². The maximum atomic E-state index is 12.6. The Balaban J connectivity index is 1.56. The van der Waals surface area contributed by atoms with Gasteiger partial charge < -0.3 is 15.0 Å². The Hall–Kier alpha value is -1.20. The minimum absolute atomic E-state index is 0.163. The van der Waals surface area contributed by atoms with Gasteiger partial charge in [-0.3, -0.25) is 4.79 Å². The zero-order valence-corrected chi connectivity index (χ0v) is 15.3. The van der Waals surface area contributed by atoms with Gasteiger partial charge in [-0.1, -0.05) is 6.07 Å². The minimum atomic E-state index is 0.163. The van der Waals surface area contributed by atoms with Crippen LogP contribution in [0.4, 0.5) is 5.69 Å². The number of anilines is 1. The molecule has 132 valence electrons. The molecule has 0 radical (unpaired) electrons. The molecule has 0 bridgehead atoms. The maximum absolute atomic E-state index is 12.6. The summed E-state index contributed by atoms with van der Waals surface area (Å²) >= 11 is 1.92. The van der Waals surface area contributed by atoms with Gasteiger partial charge in [0.05, 0.1) is 0 Å². The molecular weight excluding hydrogens is 320 g/mol. The summed E-state index contributed by atoms with van der Waals surface area (Å²) in [6.45, 7) is 5.75. The van der Waals surface area contributed by atoms with Crippen molar-refractivity contribution in [1.29, 1.82) is 0 Å². The number of rotatable bonds is 5. The number of hydrogen-bond acceptors (Lipinski definition) is 4. The average molecular weight is 349 g/mol. The molecule has 0 spiro atoms. The summed E-state index contributed by atoms with van der Waals surface area (Å²) in [7, 11) is 0. The Morgan fingerprint density at radius 1 is 1.33 bits per heavy atom. The van der Waals surface area contributed by atoms with Gasteiger partial charge in [-0.25, -0.2) is 0 Å². The molecule has 2 heterocycles. The van der Waals surface area contributed by atoms with Crippen molar-refractivity contribution in [2.24, 2.45) is 5.92 Å². The van der Waals surface area contributed by atoms with E-state index >= 15 is 0 Å². The average Bonchev–Trinajstić information content (AvgIpc) is 2.63. The summed E-state index contributed by atoms with van der Waals surface area (Å²) in [6, 6.07) is 8.38. The monoisotopic (exact) mass is 348 g/mol. The minimum Gasteiger partial charge on any atom is -0.383 e. The second-order valence-electron chi connectivity index (χ2n) is 6.82. The molecule has 2 aliphatic rings. The predicted octanol–water partition coefficient (Wildman–Crippen LogP) is 3.49. The number of carbonyl (C=O) groups excluding carboxylic acids is 1.